The smallest absolute Gasteiger partial charge is 0.315 e. The number of aromatic nitrogens is 1. The number of rotatable bonds is 3. The predicted octanol–water partition coefficient (Wildman–Crippen LogP) is 3.22. The summed E-state index contributed by atoms with van der Waals surface area (Å²) in [5.41, 5.74) is 0.951. The molecule has 0 bridgehead atoms. The molecule has 2 rings (SSSR count). The first-order valence-electron chi connectivity index (χ1n) is 6.41. The van der Waals surface area contributed by atoms with Crippen molar-refractivity contribution >= 4 is 11.8 Å². The molecule has 2 amide bonds. The minimum Gasteiger partial charge on any atom is -0.315 e. The maximum atomic E-state index is 11.6. The summed E-state index contributed by atoms with van der Waals surface area (Å²) in [6, 6.07) is 3.51. The van der Waals surface area contributed by atoms with Crippen LogP contribution < -0.4 is 10.6 Å². The van der Waals surface area contributed by atoms with Gasteiger partial charge in [-0.2, -0.15) is 0 Å². The van der Waals surface area contributed by atoms with E-state index in [9.17, 15) is 4.79 Å². The fourth-order valence-corrected chi connectivity index (χ4v) is 2.17. The molecule has 2 N–H and O–H groups in total. The van der Waals surface area contributed by atoms with Gasteiger partial charge in [-0.25, -0.2) is 9.78 Å². The van der Waals surface area contributed by atoms with E-state index in [1.807, 2.05) is 19.1 Å². The van der Waals surface area contributed by atoms with Gasteiger partial charge in [-0.1, -0.05) is 25.0 Å². The molecule has 1 aliphatic carbocycles. The molecule has 1 aliphatic rings. The van der Waals surface area contributed by atoms with Crippen molar-refractivity contribution in [1.29, 1.82) is 0 Å². The lowest BCUT2D eigenvalue weighted by molar-refractivity contribution is 0.255. The molecule has 0 aliphatic heterocycles. The number of nitrogens with zero attached hydrogens (tertiary/aromatic N) is 1. The van der Waals surface area contributed by atoms with E-state index >= 15 is 0 Å². The van der Waals surface area contributed by atoms with Gasteiger partial charge in [0.25, 0.3) is 0 Å². The highest BCUT2D eigenvalue weighted by Gasteiger charge is 2.11. The Bertz CT molecular complexity index is 436. The molecule has 18 heavy (non-hydrogen) atoms. The van der Waals surface area contributed by atoms with E-state index in [1.54, 1.807) is 12.4 Å². The third kappa shape index (κ3) is 3.58. The number of hydrogen-bond acceptors (Lipinski definition) is 2. The monoisotopic (exact) mass is 245 g/mol. The van der Waals surface area contributed by atoms with E-state index in [1.165, 1.54) is 25.7 Å². The molecule has 1 aromatic rings. The lowest BCUT2D eigenvalue weighted by atomic mass is 10.1. The third-order valence-corrected chi connectivity index (χ3v) is 3.22. The van der Waals surface area contributed by atoms with Crippen molar-refractivity contribution in [2.75, 3.05) is 5.32 Å². The molecular formula is C14H19N3O. The lowest BCUT2D eigenvalue weighted by Gasteiger charge is -2.06. The number of hydrogen-bond donors (Lipinski definition) is 2. The van der Waals surface area contributed by atoms with Gasteiger partial charge in [-0.05, 0) is 37.3 Å². The number of aryl methyl sites for hydroxylation is 1. The summed E-state index contributed by atoms with van der Waals surface area (Å²) in [6.45, 7) is 1.91. The molecule has 1 fully saturated rings. The summed E-state index contributed by atoms with van der Waals surface area (Å²) < 4.78 is 0. The first-order chi connectivity index (χ1) is 8.75. The predicted molar refractivity (Wildman–Crippen MR) is 72.2 cm³/mol. The highest BCUT2D eigenvalue weighted by molar-refractivity contribution is 5.89. The SMILES string of the molecule is Cc1cccnc1NC(=O)N/C=C/C1CCCC1. The first kappa shape index (κ1) is 12.6. The Morgan fingerprint density at radius 2 is 2.22 bits per heavy atom. The van der Waals surface area contributed by atoms with Gasteiger partial charge in [0.15, 0.2) is 0 Å². The molecule has 1 aromatic heterocycles. The quantitative estimate of drug-likeness (QED) is 0.859. The van der Waals surface area contributed by atoms with Crippen molar-refractivity contribution in [3.05, 3.63) is 36.2 Å². The first-order valence-corrected chi connectivity index (χ1v) is 6.41. The van der Waals surface area contributed by atoms with Gasteiger partial charge in [0, 0.05) is 12.4 Å². The van der Waals surface area contributed by atoms with Gasteiger partial charge in [-0.3, -0.25) is 5.32 Å². The highest BCUT2D eigenvalue weighted by Crippen LogP contribution is 2.25. The van der Waals surface area contributed by atoms with Crippen LogP contribution in [0.3, 0.4) is 0 Å². The van der Waals surface area contributed by atoms with Gasteiger partial charge >= 0.3 is 6.03 Å². The van der Waals surface area contributed by atoms with Crippen LogP contribution in [-0.2, 0) is 0 Å². The average Bonchev–Trinajstić information content (AvgIpc) is 2.85. The van der Waals surface area contributed by atoms with E-state index in [0.717, 1.165) is 5.56 Å². The molecule has 96 valence electrons. The maximum Gasteiger partial charge on any atom is 0.324 e. The summed E-state index contributed by atoms with van der Waals surface area (Å²) in [5, 5.41) is 5.44. The van der Waals surface area contributed by atoms with Crippen molar-refractivity contribution in [3.8, 4) is 0 Å². The third-order valence-electron chi connectivity index (χ3n) is 3.22. The molecule has 1 saturated carbocycles. The van der Waals surface area contributed by atoms with Crippen LogP contribution in [0.25, 0.3) is 0 Å². The minimum atomic E-state index is -0.244. The summed E-state index contributed by atoms with van der Waals surface area (Å²) in [6.07, 6.45) is 10.6. The molecule has 0 saturated heterocycles. The summed E-state index contributed by atoms with van der Waals surface area (Å²) in [5.74, 6) is 1.23. The van der Waals surface area contributed by atoms with Crippen molar-refractivity contribution < 1.29 is 4.79 Å². The van der Waals surface area contributed by atoms with Crippen molar-refractivity contribution in [2.45, 2.75) is 32.6 Å². The van der Waals surface area contributed by atoms with Gasteiger partial charge < -0.3 is 5.32 Å². The van der Waals surface area contributed by atoms with Crippen LogP contribution in [0.1, 0.15) is 31.2 Å². The molecule has 0 radical (unpaired) electrons. The van der Waals surface area contributed by atoms with Crippen LogP contribution in [0.4, 0.5) is 10.6 Å². The van der Waals surface area contributed by atoms with Crippen LogP contribution in [0.15, 0.2) is 30.6 Å². The van der Waals surface area contributed by atoms with Gasteiger partial charge in [0.05, 0.1) is 0 Å². The topological polar surface area (TPSA) is 54.0 Å². The molecule has 4 heteroatoms. The number of pyridine rings is 1. The number of carbonyl (C=O) groups excluding carboxylic acids is 1. The summed E-state index contributed by atoms with van der Waals surface area (Å²) in [7, 11) is 0. The van der Waals surface area contributed by atoms with E-state index in [-0.39, 0.29) is 6.03 Å². The standard InChI is InChI=1S/C14H19N3O/c1-11-5-4-9-15-13(11)17-14(18)16-10-8-12-6-2-3-7-12/h4-5,8-10,12H,2-3,6-7H2,1H3,(H2,15,16,17,18)/b10-8+. The molecule has 0 unspecified atom stereocenters. The highest BCUT2D eigenvalue weighted by atomic mass is 16.2. The Morgan fingerprint density at radius 1 is 1.44 bits per heavy atom. The molecule has 4 nitrogen and oxygen atoms in total. The number of anilines is 1. The number of carbonyl (C=O) groups is 1. The van der Waals surface area contributed by atoms with Crippen molar-refractivity contribution in [3.63, 3.8) is 0 Å². The largest absolute Gasteiger partial charge is 0.324 e. The fraction of sp³-hybridized carbons (Fsp3) is 0.429. The normalized spacial score (nSPS) is 16.1. The van der Waals surface area contributed by atoms with Crippen LogP contribution in [0.5, 0.6) is 0 Å². The summed E-state index contributed by atoms with van der Waals surface area (Å²) >= 11 is 0. The second-order valence-corrected chi connectivity index (χ2v) is 4.67. The molecular weight excluding hydrogens is 226 g/mol. The lowest BCUT2D eigenvalue weighted by Crippen LogP contribution is -2.24. The van der Waals surface area contributed by atoms with Crippen molar-refractivity contribution in [1.82, 2.24) is 10.3 Å². The van der Waals surface area contributed by atoms with Crippen LogP contribution in [0.2, 0.25) is 0 Å². The second kappa shape index (κ2) is 6.19. The molecule has 1 heterocycles. The van der Waals surface area contributed by atoms with Crippen LogP contribution in [-0.4, -0.2) is 11.0 Å². The Balaban J connectivity index is 1.80. The molecule has 0 spiro atoms. The Hall–Kier alpha value is -1.84. The second-order valence-electron chi connectivity index (χ2n) is 4.67. The van der Waals surface area contributed by atoms with Gasteiger partial charge in [0.1, 0.15) is 5.82 Å². The number of allylic oxidation sites excluding steroid dienone is 1. The van der Waals surface area contributed by atoms with E-state index in [4.69, 9.17) is 0 Å². The Labute approximate surface area is 108 Å². The maximum absolute atomic E-state index is 11.6. The minimum absolute atomic E-state index is 0.244. The van der Waals surface area contributed by atoms with Crippen LogP contribution in [0, 0.1) is 12.8 Å². The Kier molecular flexibility index (Phi) is 4.34. The molecule has 0 aromatic carbocycles. The Morgan fingerprint density at radius 3 is 2.94 bits per heavy atom. The van der Waals surface area contributed by atoms with E-state index < -0.39 is 0 Å². The number of amides is 2. The molecule has 0 atom stereocenters. The number of nitrogens with one attached hydrogen (secondary N) is 2. The zero-order valence-corrected chi connectivity index (χ0v) is 10.6. The zero-order chi connectivity index (χ0) is 12.8. The van der Waals surface area contributed by atoms with Crippen LogP contribution >= 0.6 is 0 Å². The summed E-state index contributed by atoms with van der Waals surface area (Å²) in [4.78, 5) is 15.7. The van der Waals surface area contributed by atoms with E-state index in [0.29, 0.717) is 11.7 Å². The zero-order valence-electron chi connectivity index (χ0n) is 10.6. The van der Waals surface area contributed by atoms with Gasteiger partial charge in [0.2, 0.25) is 0 Å². The van der Waals surface area contributed by atoms with Crippen molar-refractivity contribution in [2.24, 2.45) is 5.92 Å². The average molecular weight is 245 g/mol. The van der Waals surface area contributed by atoms with Gasteiger partial charge in [-0.15, -0.1) is 0 Å². The number of urea groups is 1. The van der Waals surface area contributed by atoms with E-state index in [2.05, 4.69) is 21.7 Å². The fourth-order valence-electron chi connectivity index (χ4n) is 2.17.